The summed E-state index contributed by atoms with van der Waals surface area (Å²) in [7, 11) is 2.40. The summed E-state index contributed by atoms with van der Waals surface area (Å²) >= 11 is 0. The molecule has 0 amide bonds. The molecule has 108 valence electrons. The molecule has 4 saturated carbocycles. The fraction of sp³-hybridized carbons (Fsp3) is 1.00. The molecule has 0 aromatic heterocycles. The standard InChI is InChI=1S/C17H30N2/c1-19(16-2-4-18-5-3-16)11-17-14-7-12-6-13(9-14)10-15(17)8-12/h12-18H,2-11H2,1H3. The number of hydrogen-bond acceptors (Lipinski definition) is 2. The van der Waals surface area contributed by atoms with Crippen molar-refractivity contribution in [3.05, 3.63) is 0 Å². The van der Waals surface area contributed by atoms with Gasteiger partial charge in [-0.2, -0.15) is 0 Å². The topological polar surface area (TPSA) is 15.3 Å². The van der Waals surface area contributed by atoms with Crippen molar-refractivity contribution in [1.82, 2.24) is 10.2 Å². The number of nitrogens with one attached hydrogen (secondary N) is 1. The molecule has 1 saturated heterocycles. The molecule has 19 heavy (non-hydrogen) atoms. The Hall–Kier alpha value is -0.0800. The highest BCUT2D eigenvalue weighted by Crippen LogP contribution is 2.56. The maximum absolute atomic E-state index is 3.50. The van der Waals surface area contributed by atoms with Crippen LogP contribution in [0.2, 0.25) is 0 Å². The van der Waals surface area contributed by atoms with Gasteiger partial charge in [0.15, 0.2) is 0 Å². The highest BCUT2D eigenvalue weighted by Gasteiger charge is 2.48. The molecular weight excluding hydrogens is 232 g/mol. The molecule has 0 atom stereocenters. The zero-order valence-electron chi connectivity index (χ0n) is 12.5. The molecular formula is C17H30N2. The zero-order chi connectivity index (χ0) is 12.8. The average molecular weight is 262 g/mol. The first-order chi connectivity index (χ1) is 9.29. The monoisotopic (exact) mass is 262 g/mol. The van der Waals surface area contributed by atoms with Crippen molar-refractivity contribution < 1.29 is 0 Å². The van der Waals surface area contributed by atoms with Gasteiger partial charge in [0.05, 0.1) is 0 Å². The van der Waals surface area contributed by atoms with Crippen molar-refractivity contribution in [1.29, 1.82) is 0 Å². The van der Waals surface area contributed by atoms with E-state index >= 15 is 0 Å². The summed E-state index contributed by atoms with van der Waals surface area (Å²) in [5.41, 5.74) is 0. The van der Waals surface area contributed by atoms with Crippen LogP contribution in [-0.2, 0) is 0 Å². The molecule has 0 radical (unpaired) electrons. The van der Waals surface area contributed by atoms with Crippen LogP contribution in [0.25, 0.3) is 0 Å². The molecule has 4 bridgehead atoms. The molecule has 5 rings (SSSR count). The summed E-state index contributed by atoms with van der Waals surface area (Å²) < 4.78 is 0. The maximum atomic E-state index is 3.50. The van der Waals surface area contributed by atoms with Gasteiger partial charge < -0.3 is 10.2 Å². The molecule has 0 aromatic rings. The second-order valence-corrected chi connectivity index (χ2v) is 8.02. The molecule has 2 heteroatoms. The number of rotatable bonds is 3. The van der Waals surface area contributed by atoms with Gasteiger partial charge in [0.2, 0.25) is 0 Å². The first-order valence-electron chi connectivity index (χ1n) is 8.70. The lowest BCUT2D eigenvalue weighted by Crippen LogP contribution is -2.51. The van der Waals surface area contributed by atoms with Crippen LogP contribution in [0.3, 0.4) is 0 Å². The Morgan fingerprint density at radius 3 is 2.05 bits per heavy atom. The molecule has 5 aliphatic rings. The first-order valence-corrected chi connectivity index (χ1v) is 8.70. The smallest absolute Gasteiger partial charge is 0.0116 e. The van der Waals surface area contributed by atoms with E-state index in [1.807, 2.05) is 0 Å². The summed E-state index contributed by atoms with van der Waals surface area (Å²) in [5, 5.41) is 3.50. The molecule has 0 unspecified atom stereocenters. The molecule has 1 aliphatic heterocycles. The van der Waals surface area contributed by atoms with Crippen molar-refractivity contribution in [2.75, 3.05) is 26.7 Å². The first kappa shape index (κ1) is 12.6. The van der Waals surface area contributed by atoms with Crippen LogP contribution in [0.5, 0.6) is 0 Å². The zero-order valence-corrected chi connectivity index (χ0v) is 12.5. The normalized spacial score (nSPS) is 46.1. The van der Waals surface area contributed by atoms with Crippen LogP contribution in [0, 0.1) is 29.6 Å². The van der Waals surface area contributed by atoms with Crippen molar-refractivity contribution in [3.63, 3.8) is 0 Å². The number of hydrogen-bond donors (Lipinski definition) is 1. The molecule has 5 fully saturated rings. The van der Waals surface area contributed by atoms with Gasteiger partial charge in [0, 0.05) is 12.6 Å². The lowest BCUT2D eigenvalue weighted by molar-refractivity contribution is -0.0514. The fourth-order valence-electron chi connectivity index (χ4n) is 6.07. The SMILES string of the molecule is CN(CC1C2CC3CC(C2)CC1C3)C1CCNCC1. The minimum atomic E-state index is 0.860. The van der Waals surface area contributed by atoms with Gasteiger partial charge >= 0.3 is 0 Å². The number of nitrogens with zero attached hydrogens (tertiary/aromatic N) is 1. The quantitative estimate of drug-likeness (QED) is 0.841. The molecule has 1 heterocycles. The van der Waals surface area contributed by atoms with Gasteiger partial charge in [-0.15, -0.1) is 0 Å². The van der Waals surface area contributed by atoms with E-state index in [4.69, 9.17) is 0 Å². The predicted molar refractivity (Wildman–Crippen MR) is 79.1 cm³/mol. The Morgan fingerprint density at radius 1 is 0.895 bits per heavy atom. The maximum Gasteiger partial charge on any atom is 0.0116 e. The van der Waals surface area contributed by atoms with Crippen LogP contribution >= 0.6 is 0 Å². The van der Waals surface area contributed by atoms with Crippen molar-refractivity contribution in [2.45, 2.75) is 51.0 Å². The Balaban J connectivity index is 1.39. The van der Waals surface area contributed by atoms with E-state index in [0.29, 0.717) is 0 Å². The van der Waals surface area contributed by atoms with Gasteiger partial charge in [-0.1, -0.05) is 0 Å². The van der Waals surface area contributed by atoms with E-state index in [0.717, 1.165) is 35.6 Å². The molecule has 1 N–H and O–H groups in total. The molecule has 0 spiro atoms. The fourth-order valence-corrected chi connectivity index (χ4v) is 6.07. The molecule has 4 aliphatic carbocycles. The molecule has 2 nitrogen and oxygen atoms in total. The van der Waals surface area contributed by atoms with Gasteiger partial charge in [0.1, 0.15) is 0 Å². The average Bonchev–Trinajstić information content (AvgIpc) is 2.43. The minimum Gasteiger partial charge on any atom is -0.317 e. The summed E-state index contributed by atoms with van der Waals surface area (Å²) in [6.45, 7) is 3.87. The van der Waals surface area contributed by atoms with E-state index in [2.05, 4.69) is 17.3 Å². The van der Waals surface area contributed by atoms with Gasteiger partial charge in [0.25, 0.3) is 0 Å². The summed E-state index contributed by atoms with van der Waals surface area (Å²) in [6.07, 6.45) is 10.6. The van der Waals surface area contributed by atoms with Crippen LogP contribution in [-0.4, -0.2) is 37.6 Å². The Morgan fingerprint density at radius 2 is 1.47 bits per heavy atom. The Labute approximate surface area is 118 Å². The van der Waals surface area contributed by atoms with Gasteiger partial charge in [-0.05, 0) is 94.7 Å². The lowest BCUT2D eigenvalue weighted by atomic mass is 9.52. The van der Waals surface area contributed by atoms with Crippen LogP contribution in [0.1, 0.15) is 44.9 Å². The summed E-state index contributed by atoms with van der Waals surface area (Å²) in [6, 6.07) is 0.860. The van der Waals surface area contributed by atoms with E-state index in [9.17, 15) is 0 Å². The third-order valence-corrected chi connectivity index (χ3v) is 6.85. The predicted octanol–water partition coefficient (Wildman–Crippen LogP) is 2.74. The van der Waals surface area contributed by atoms with E-state index < -0.39 is 0 Å². The highest BCUT2D eigenvalue weighted by molar-refractivity contribution is 4.99. The lowest BCUT2D eigenvalue weighted by Gasteiger charge is -2.55. The third-order valence-electron chi connectivity index (χ3n) is 6.85. The second-order valence-electron chi connectivity index (χ2n) is 8.02. The summed E-state index contributed by atoms with van der Waals surface area (Å²) in [5.74, 6) is 5.50. The molecule has 0 aromatic carbocycles. The van der Waals surface area contributed by atoms with Gasteiger partial charge in [-0.25, -0.2) is 0 Å². The van der Waals surface area contributed by atoms with Crippen molar-refractivity contribution in [3.8, 4) is 0 Å². The van der Waals surface area contributed by atoms with Crippen molar-refractivity contribution >= 4 is 0 Å². The second kappa shape index (κ2) is 5.04. The summed E-state index contributed by atoms with van der Waals surface area (Å²) in [4.78, 5) is 2.73. The Bertz CT molecular complexity index is 293. The third kappa shape index (κ3) is 2.35. The van der Waals surface area contributed by atoms with Crippen molar-refractivity contribution in [2.24, 2.45) is 29.6 Å². The number of piperidine rings is 1. The largest absolute Gasteiger partial charge is 0.317 e. The minimum absolute atomic E-state index is 0.860. The van der Waals surface area contributed by atoms with E-state index in [1.54, 1.807) is 32.1 Å². The van der Waals surface area contributed by atoms with E-state index in [1.165, 1.54) is 32.5 Å². The van der Waals surface area contributed by atoms with Crippen LogP contribution in [0.4, 0.5) is 0 Å². The van der Waals surface area contributed by atoms with Crippen LogP contribution < -0.4 is 5.32 Å². The Kier molecular flexibility index (Phi) is 3.35. The van der Waals surface area contributed by atoms with E-state index in [-0.39, 0.29) is 0 Å². The van der Waals surface area contributed by atoms with Gasteiger partial charge in [-0.3, -0.25) is 0 Å². The highest BCUT2D eigenvalue weighted by atomic mass is 15.1. The van der Waals surface area contributed by atoms with Crippen LogP contribution in [0.15, 0.2) is 0 Å².